The average molecular weight is 275 g/mol. The lowest BCUT2D eigenvalue weighted by Gasteiger charge is -2.12. The van der Waals surface area contributed by atoms with Gasteiger partial charge in [-0.2, -0.15) is 11.8 Å². The molecule has 1 aromatic carbocycles. The van der Waals surface area contributed by atoms with Crippen LogP contribution in [-0.2, 0) is 0 Å². The first-order valence-electron chi connectivity index (χ1n) is 5.86. The van der Waals surface area contributed by atoms with Crippen molar-refractivity contribution in [2.45, 2.75) is 25.9 Å². The van der Waals surface area contributed by atoms with Gasteiger partial charge in [0.15, 0.2) is 0 Å². The Morgan fingerprint density at radius 1 is 1.35 bits per heavy atom. The molecule has 0 amide bonds. The fraction of sp³-hybridized carbons (Fsp3) is 0.538. The molecule has 4 heteroatoms. The maximum atomic E-state index is 9.69. The van der Waals surface area contributed by atoms with Crippen LogP contribution in [0, 0.1) is 0 Å². The van der Waals surface area contributed by atoms with Crippen LogP contribution in [0.5, 0.6) is 5.75 Å². The van der Waals surface area contributed by atoms with Gasteiger partial charge in [-0.05, 0) is 36.4 Å². The Labute approximate surface area is 112 Å². The van der Waals surface area contributed by atoms with E-state index in [2.05, 4.69) is 6.92 Å². The molecule has 1 rings (SSSR count). The quantitative estimate of drug-likeness (QED) is 0.735. The zero-order valence-corrected chi connectivity index (χ0v) is 11.6. The van der Waals surface area contributed by atoms with E-state index >= 15 is 0 Å². The normalized spacial score (nSPS) is 12.4. The summed E-state index contributed by atoms with van der Waals surface area (Å²) in [5.74, 6) is 2.58. The molecule has 17 heavy (non-hydrogen) atoms. The largest absolute Gasteiger partial charge is 0.491 e. The van der Waals surface area contributed by atoms with Gasteiger partial charge in [-0.3, -0.25) is 0 Å². The molecule has 0 saturated heterocycles. The number of aliphatic hydroxyl groups is 1. The lowest BCUT2D eigenvalue weighted by molar-refractivity contribution is 0.126. The lowest BCUT2D eigenvalue weighted by Crippen LogP contribution is -2.20. The van der Waals surface area contributed by atoms with Crippen LogP contribution in [0.3, 0.4) is 0 Å². The number of aliphatic hydroxyl groups excluding tert-OH is 1. The van der Waals surface area contributed by atoms with Crippen LogP contribution in [0.25, 0.3) is 0 Å². The number of benzene rings is 1. The van der Waals surface area contributed by atoms with Crippen LogP contribution < -0.4 is 4.74 Å². The average Bonchev–Trinajstić information content (AvgIpc) is 2.34. The summed E-state index contributed by atoms with van der Waals surface area (Å²) >= 11 is 7.54. The topological polar surface area (TPSA) is 29.5 Å². The minimum Gasteiger partial charge on any atom is -0.491 e. The van der Waals surface area contributed by atoms with Crippen LogP contribution in [0.2, 0.25) is 5.02 Å². The van der Waals surface area contributed by atoms with E-state index in [0.717, 1.165) is 17.3 Å². The maximum absolute atomic E-state index is 9.69. The van der Waals surface area contributed by atoms with E-state index in [9.17, 15) is 5.11 Å². The van der Waals surface area contributed by atoms with Crippen LogP contribution in [-0.4, -0.2) is 29.3 Å². The van der Waals surface area contributed by atoms with Crippen molar-refractivity contribution >= 4 is 23.4 Å². The number of thioether (sulfide) groups is 1. The molecule has 0 saturated carbocycles. The van der Waals surface area contributed by atoms with Crippen molar-refractivity contribution < 1.29 is 9.84 Å². The van der Waals surface area contributed by atoms with E-state index < -0.39 is 6.10 Å². The Morgan fingerprint density at radius 3 is 2.71 bits per heavy atom. The highest BCUT2D eigenvalue weighted by Crippen LogP contribution is 2.16. The van der Waals surface area contributed by atoms with Gasteiger partial charge in [0.25, 0.3) is 0 Å². The minimum atomic E-state index is -0.410. The van der Waals surface area contributed by atoms with E-state index in [1.807, 2.05) is 0 Å². The van der Waals surface area contributed by atoms with Crippen molar-refractivity contribution in [2.75, 3.05) is 18.1 Å². The Balaban J connectivity index is 2.14. The summed E-state index contributed by atoms with van der Waals surface area (Å²) < 4.78 is 5.46. The second-order valence-electron chi connectivity index (χ2n) is 3.85. The molecule has 0 aromatic heterocycles. The second-order valence-corrected chi connectivity index (χ2v) is 5.43. The molecule has 0 aliphatic rings. The SMILES string of the molecule is CCCCSC[C@@H](O)COc1ccc(Cl)cc1. The summed E-state index contributed by atoms with van der Waals surface area (Å²) in [6, 6.07) is 7.16. The summed E-state index contributed by atoms with van der Waals surface area (Å²) in [7, 11) is 0. The van der Waals surface area contributed by atoms with Gasteiger partial charge >= 0.3 is 0 Å². The Morgan fingerprint density at radius 2 is 2.06 bits per heavy atom. The summed E-state index contributed by atoms with van der Waals surface area (Å²) in [6.45, 7) is 2.50. The number of unbranched alkanes of at least 4 members (excludes halogenated alkanes) is 1. The van der Waals surface area contributed by atoms with Crippen LogP contribution in [0.1, 0.15) is 19.8 Å². The van der Waals surface area contributed by atoms with Crippen molar-refractivity contribution in [3.8, 4) is 5.75 Å². The molecule has 0 radical (unpaired) electrons. The van der Waals surface area contributed by atoms with Crippen molar-refractivity contribution in [3.05, 3.63) is 29.3 Å². The summed E-state index contributed by atoms with van der Waals surface area (Å²) in [6.07, 6.45) is 1.99. The number of hydrogen-bond donors (Lipinski definition) is 1. The zero-order chi connectivity index (χ0) is 12.5. The van der Waals surface area contributed by atoms with E-state index in [-0.39, 0.29) is 0 Å². The molecular formula is C13H19ClO2S. The van der Waals surface area contributed by atoms with E-state index in [0.29, 0.717) is 11.6 Å². The van der Waals surface area contributed by atoms with Gasteiger partial charge in [-0.25, -0.2) is 0 Å². The van der Waals surface area contributed by atoms with Gasteiger partial charge < -0.3 is 9.84 Å². The van der Waals surface area contributed by atoms with Crippen molar-refractivity contribution in [3.63, 3.8) is 0 Å². The van der Waals surface area contributed by atoms with Crippen LogP contribution in [0.15, 0.2) is 24.3 Å². The molecule has 0 fully saturated rings. The fourth-order valence-electron chi connectivity index (χ4n) is 1.24. The maximum Gasteiger partial charge on any atom is 0.119 e. The molecule has 96 valence electrons. The third-order valence-corrected chi connectivity index (χ3v) is 3.66. The first-order valence-corrected chi connectivity index (χ1v) is 7.39. The molecule has 2 nitrogen and oxygen atoms in total. The fourth-order valence-corrected chi connectivity index (χ4v) is 2.39. The van der Waals surface area contributed by atoms with Gasteiger partial charge in [-0.15, -0.1) is 0 Å². The van der Waals surface area contributed by atoms with E-state index in [1.54, 1.807) is 36.0 Å². The number of halogens is 1. The summed E-state index contributed by atoms with van der Waals surface area (Å²) in [5, 5.41) is 10.4. The van der Waals surface area contributed by atoms with Crippen LogP contribution in [0.4, 0.5) is 0 Å². The minimum absolute atomic E-state index is 0.334. The molecule has 0 aliphatic heterocycles. The molecule has 0 unspecified atom stereocenters. The number of ether oxygens (including phenoxy) is 1. The molecular weight excluding hydrogens is 256 g/mol. The second kappa shape index (κ2) is 8.67. The van der Waals surface area contributed by atoms with Crippen molar-refractivity contribution in [1.82, 2.24) is 0 Å². The molecule has 1 aromatic rings. The standard InChI is InChI=1S/C13H19ClO2S/c1-2-3-8-17-10-12(15)9-16-13-6-4-11(14)5-7-13/h4-7,12,15H,2-3,8-10H2,1H3/t12-/m0/s1. The first-order chi connectivity index (χ1) is 8.22. The molecule has 0 bridgehead atoms. The summed E-state index contributed by atoms with van der Waals surface area (Å²) in [5.41, 5.74) is 0. The van der Waals surface area contributed by atoms with Crippen molar-refractivity contribution in [1.29, 1.82) is 0 Å². The predicted molar refractivity (Wildman–Crippen MR) is 75.2 cm³/mol. The molecule has 1 atom stereocenters. The third-order valence-electron chi connectivity index (χ3n) is 2.21. The first kappa shape index (κ1) is 14.7. The van der Waals surface area contributed by atoms with E-state index in [4.69, 9.17) is 16.3 Å². The highest BCUT2D eigenvalue weighted by Gasteiger charge is 2.05. The predicted octanol–water partition coefficient (Wildman–Crippen LogP) is 3.61. The highest BCUT2D eigenvalue weighted by atomic mass is 35.5. The Hall–Kier alpha value is -0.380. The van der Waals surface area contributed by atoms with Gasteiger partial charge in [-0.1, -0.05) is 24.9 Å². The molecule has 0 heterocycles. The Bertz CT molecular complexity index is 303. The number of rotatable bonds is 8. The smallest absolute Gasteiger partial charge is 0.119 e. The van der Waals surface area contributed by atoms with Gasteiger partial charge in [0, 0.05) is 10.8 Å². The van der Waals surface area contributed by atoms with Gasteiger partial charge in [0.2, 0.25) is 0 Å². The lowest BCUT2D eigenvalue weighted by atomic mass is 10.3. The van der Waals surface area contributed by atoms with Crippen molar-refractivity contribution in [2.24, 2.45) is 0 Å². The van der Waals surface area contributed by atoms with E-state index in [1.165, 1.54) is 12.8 Å². The monoisotopic (exact) mass is 274 g/mol. The van der Waals surface area contributed by atoms with Gasteiger partial charge in [0.05, 0.1) is 6.10 Å². The zero-order valence-electron chi connectivity index (χ0n) is 10.1. The molecule has 1 N–H and O–H groups in total. The highest BCUT2D eigenvalue weighted by molar-refractivity contribution is 7.99. The van der Waals surface area contributed by atoms with Crippen LogP contribution >= 0.6 is 23.4 Å². The number of hydrogen-bond acceptors (Lipinski definition) is 3. The summed E-state index contributed by atoms with van der Waals surface area (Å²) in [4.78, 5) is 0. The Kier molecular flexibility index (Phi) is 7.49. The molecule has 0 spiro atoms. The third kappa shape index (κ3) is 6.81. The van der Waals surface area contributed by atoms with Gasteiger partial charge in [0.1, 0.15) is 12.4 Å². The molecule has 0 aliphatic carbocycles.